The minimum Gasteiger partial charge on any atom is -0.480 e. The average molecular weight is 374 g/mol. The van der Waals surface area contributed by atoms with Gasteiger partial charge in [-0.05, 0) is 39.2 Å². The van der Waals surface area contributed by atoms with Crippen LogP contribution >= 0.6 is 0 Å². The Morgan fingerprint density at radius 3 is 2.48 bits per heavy atom. The summed E-state index contributed by atoms with van der Waals surface area (Å²) >= 11 is 0. The molecule has 0 atom stereocenters. The van der Waals surface area contributed by atoms with Gasteiger partial charge in [0.05, 0.1) is 9.82 Å². The molecule has 25 heavy (non-hydrogen) atoms. The van der Waals surface area contributed by atoms with Crippen molar-refractivity contribution in [3.05, 3.63) is 28.3 Å². The van der Waals surface area contributed by atoms with Gasteiger partial charge in [-0.3, -0.25) is 14.9 Å². The van der Waals surface area contributed by atoms with E-state index < -0.39 is 33.1 Å². The number of likely N-dealkylation sites (N-methyl/N-ethyl adjacent to an activating group) is 1. The Kier molecular flexibility index (Phi) is 7.27. The van der Waals surface area contributed by atoms with Crippen molar-refractivity contribution in [3.8, 4) is 0 Å². The Morgan fingerprint density at radius 1 is 1.32 bits per heavy atom. The Morgan fingerprint density at radius 2 is 1.96 bits per heavy atom. The van der Waals surface area contributed by atoms with Crippen molar-refractivity contribution < 1.29 is 23.2 Å². The molecule has 10 nitrogen and oxygen atoms in total. The second-order valence-electron chi connectivity index (χ2n) is 5.71. The third-order valence-corrected chi connectivity index (χ3v) is 4.77. The molecule has 0 saturated heterocycles. The molecule has 1 aromatic rings. The molecule has 0 aliphatic rings. The van der Waals surface area contributed by atoms with E-state index in [4.69, 9.17) is 5.11 Å². The molecule has 0 amide bonds. The number of rotatable bonds is 10. The van der Waals surface area contributed by atoms with E-state index in [1.54, 1.807) is 0 Å². The number of sulfonamides is 1. The van der Waals surface area contributed by atoms with Gasteiger partial charge in [0.1, 0.15) is 12.2 Å². The first-order valence-corrected chi connectivity index (χ1v) is 8.88. The highest BCUT2D eigenvalue weighted by Gasteiger charge is 2.23. The van der Waals surface area contributed by atoms with Crippen LogP contribution in [-0.2, 0) is 14.8 Å². The van der Waals surface area contributed by atoms with Gasteiger partial charge in [0, 0.05) is 19.7 Å². The van der Waals surface area contributed by atoms with Gasteiger partial charge in [-0.2, -0.15) is 0 Å². The number of benzene rings is 1. The molecule has 0 heterocycles. The van der Waals surface area contributed by atoms with Crippen molar-refractivity contribution in [3.63, 3.8) is 0 Å². The van der Waals surface area contributed by atoms with Gasteiger partial charge in [0.15, 0.2) is 0 Å². The first-order valence-electron chi connectivity index (χ1n) is 7.40. The highest BCUT2D eigenvalue weighted by Crippen LogP contribution is 2.30. The third-order valence-electron chi connectivity index (χ3n) is 3.31. The zero-order valence-corrected chi connectivity index (χ0v) is 15.1. The zero-order chi connectivity index (χ0) is 19.2. The molecular formula is C14H22N4O6S. The number of nitro groups is 1. The molecule has 0 aromatic heterocycles. The number of hydrogen-bond acceptors (Lipinski definition) is 7. The highest BCUT2D eigenvalue weighted by molar-refractivity contribution is 7.89. The van der Waals surface area contributed by atoms with Gasteiger partial charge >= 0.3 is 5.97 Å². The molecule has 1 rings (SSSR count). The van der Waals surface area contributed by atoms with E-state index in [0.29, 0.717) is 13.0 Å². The predicted molar refractivity (Wildman–Crippen MR) is 92.4 cm³/mol. The molecule has 11 heteroatoms. The lowest BCUT2D eigenvalue weighted by atomic mass is 10.2. The number of nitrogens with one attached hydrogen (secondary N) is 1. The van der Waals surface area contributed by atoms with E-state index in [1.807, 2.05) is 19.0 Å². The zero-order valence-electron chi connectivity index (χ0n) is 14.3. The number of aliphatic carboxylic acids is 1. The molecule has 2 N–H and O–H groups in total. The summed E-state index contributed by atoms with van der Waals surface area (Å²) in [6.45, 7) is 0.451. The number of nitrogens with zero attached hydrogens (tertiary/aromatic N) is 3. The minimum atomic E-state index is -3.89. The molecule has 0 aliphatic carbocycles. The summed E-state index contributed by atoms with van der Waals surface area (Å²) in [7, 11) is 1.22. The third kappa shape index (κ3) is 6.29. The van der Waals surface area contributed by atoms with E-state index in [2.05, 4.69) is 4.72 Å². The van der Waals surface area contributed by atoms with Gasteiger partial charge in [-0.15, -0.1) is 0 Å². The molecule has 0 fully saturated rings. The van der Waals surface area contributed by atoms with Crippen LogP contribution < -0.4 is 9.62 Å². The van der Waals surface area contributed by atoms with Crippen molar-refractivity contribution in [1.82, 2.24) is 9.62 Å². The molecule has 0 bridgehead atoms. The molecule has 0 unspecified atom stereocenters. The normalized spacial score (nSPS) is 11.5. The maximum absolute atomic E-state index is 12.3. The Balaban J connectivity index is 3.03. The monoisotopic (exact) mass is 374 g/mol. The van der Waals surface area contributed by atoms with Crippen LogP contribution in [0.25, 0.3) is 0 Å². The van der Waals surface area contributed by atoms with Crippen LogP contribution in [0.4, 0.5) is 11.4 Å². The van der Waals surface area contributed by atoms with E-state index in [1.165, 1.54) is 24.1 Å². The first-order chi connectivity index (χ1) is 11.5. The number of nitro benzene ring substituents is 1. The van der Waals surface area contributed by atoms with Crippen LogP contribution in [0.5, 0.6) is 0 Å². The molecular weight excluding hydrogens is 352 g/mol. The summed E-state index contributed by atoms with van der Waals surface area (Å²) < 4.78 is 26.9. The van der Waals surface area contributed by atoms with Gasteiger partial charge in [-0.1, -0.05) is 0 Å². The summed E-state index contributed by atoms with van der Waals surface area (Å²) in [6.07, 6.45) is 0.591. The van der Waals surface area contributed by atoms with E-state index in [-0.39, 0.29) is 17.1 Å². The van der Waals surface area contributed by atoms with Crippen molar-refractivity contribution in [2.24, 2.45) is 0 Å². The topological polar surface area (TPSA) is 133 Å². The Hall–Kier alpha value is -2.24. The lowest BCUT2D eigenvalue weighted by Gasteiger charge is -2.17. The first kappa shape index (κ1) is 20.8. The van der Waals surface area contributed by atoms with Gasteiger partial charge < -0.3 is 14.9 Å². The second-order valence-corrected chi connectivity index (χ2v) is 7.48. The summed E-state index contributed by atoms with van der Waals surface area (Å²) in [5.41, 5.74) is -0.445. The Labute approximate surface area is 146 Å². The smallest absolute Gasteiger partial charge is 0.323 e. The van der Waals surface area contributed by atoms with Crippen LogP contribution in [0.2, 0.25) is 0 Å². The summed E-state index contributed by atoms with van der Waals surface area (Å²) in [6, 6.07) is 3.38. The summed E-state index contributed by atoms with van der Waals surface area (Å²) in [5.74, 6) is -1.16. The van der Waals surface area contributed by atoms with Crippen molar-refractivity contribution in [1.29, 1.82) is 0 Å². The number of carbonyl (C=O) groups is 1. The number of anilines is 1. The predicted octanol–water partition coefficient (Wildman–Crippen LogP) is 0.346. The molecule has 0 saturated carbocycles. The van der Waals surface area contributed by atoms with E-state index in [9.17, 15) is 23.3 Å². The van der Waals surface area contributed by atoms with Crippen LogP contribution in [0.1, 0.15) is 6.42 Å². The number of carboxylic acid groups (broad SMARTS) is 1. The molecule has 0 aliphatic heterocycles. The van der Waals surface area contributed by atoms with Crippen molar-refractivity contribution in [2.45, 2.75) is 11.3 Å². The lowest BCUT2D eigenvalue weighted by molar-refractivity contribution is -0.384. The maximum Gasteiger partial charge on any atom is 0.323 e. The molecule has 1 aromatic carbocycles. The molecule has 0 radical (unpaired) electrons. The summed E-state index contributed by atoms with van der Waals surface area (Å²) in [5, 5.41) is 20.0. The average Bonchev–Trinajstić information content (AvgIpc) is 2.50. The SMILES string of the molecule is CN(C)CCCNS(=O)(=O)c1ccc(N(C)CC(=O)O)c([N+](=O)[O-])c1. The van der Waals surface area contributed by atoms with Crippen molar-refractivity contribution in [2.75, 3.05) is 45.7 Å². The fraction of sp³-hybridized carbons (Fsp3) is 0.500. The fourth-order valence-corrected chi connectivity index (χ4v) is 3.21. The van der Waals surface area contributed by atoms with E-state index >= 15 is 0 Å². The molecule has 140 valence electrons. The van der Waals surface area contributed by atoms with Crippen LogP contribution in [0, 0.1) is 10.1 Å². The quantitative estimate of drug-likeness (QED) is 0.340. The standard InChI is InChI=1S/C14H22N4O6S/c1-16(2)8-4-7-15-25(23,24)11-5-6-12(13(9-11)18(21)22)17(3)10-14(19)20/h5-6,9,15H,4,7-8,10H2,1-3H3,(H,19,20). The fourth-order valence-electron chi connectivity index (χ4n) is 2.11. The van der Waals surface area contributed by atoms with E-state index in [0.717, 1.165) is 6.07 Å². The summed E-state index contributed by atoms with van der Waals surface area (Å²) in [4.78, 5) is 24.1. The Bertz CT molecular complexity index is 735. The second kappa shape index (κ2) is 8.74. The van der Waals surface area contributed by atoms with Crippen LogP contribution in [0.3, 0.4) is 0 Å². The highest BCUT2D eigenvalue weighted by atomic mass is 32.2. The van der Waals surface area contributed by atoms with Crippen molar-refractivity contribution >= 4 is 27.4 Å². The maximum atomic E-state index is 12.3. The number of hydrogen-bond donors (Lipinski definition) is 2. The van der Waals surface area contributed by atoms with Gasteiger partial charge in [0.2, 0.25) is 10.0 Å². The largest absolute Gasteiger partial charge is 0.480 e. The lowest BCUT2D eigenvalue weighted by Crippen LogP contribution is -2.28. The van der Waals surface area contributed by atoms with Gasteiger partial charge in [0.25, 0.3) is 5.69 Å². The minimum absolute atomic E-state index is 0.0268. The van der Waals surface area contributed by atoms with Crippen LogP contribution in [0.15, 0.2) is 23.1 Å². The van der Waals surface area contributed by atoms with Gasteiger partial charge in [-0.25, -0.2) is 13.1 Å². The van der Waals surface area contributed by atoms with Crippen LogP contribution in [-0.4, -0.2) is 70.1 Å². The molecule has 0 spiro atoms. The number of carboxylic acids is 1.